The Bertz CT molecular complexity index is 517. The zero-order valence-corrected chi connectivity index (χ0v) is 10.6. The van der Waals surface area contributed by atoms with Crippen LogP contribution in [0.2, 0.25) is 0 Å². The molecule has 5 nitrogen and oxygen atoms in total. The summed E-state index contributed by atoms with van der Waals surface area (Å²) in [5.41, 5.74) is 0. The van der Waals surface area contributed by atoms with Gasteiger partial charge in [0.1, 0.15) is 18.0 Å². The van der Waals surface area contributed by atoms with Gasteiger partial charge in [-0.05, 0) is 23.9 Å². The first kappa shape index (κ1) is 11.4. The molecule has 1 aliphatic rings. The molecule has 3 rings (SSSR count). The van der Waals surface area contributed by atoms with Crippen molar-refractivity contribution in [2.24, 2.45) is 0 Å². The van der Waals surface area contributed by atoms with Gasteiger partial charge < -0.3 is 15.3 Å². The number of hydrogen-bond acceptors (Lipinski definition) is 6. The number of thiophene rings is 1. The molecule has 1 saturated heterocycles. The molecule has 0 aliphatic carbocycles. The fraction of sp³-hybridized carbons (Fsp3) is 0.333. The number of aliphatic hydroxyl groups is 1. The summed E-state index contributed by atoms with van der Waals surface area (Å²) in [6.07, 6.45) is 2.11. The highest BCUT2D eigenvalue weighted by atomic mass is 32.1. The van der Waals surface area contributed by atoms with Crippen molar-refractivity contribution in [3.63, 3.8) is 0 Å². The van der Waals surface area contributed by atoms with Crippen LogP contribution in [0.5, 0.6) is 0 Å². The molecule has 1 aliphatic heterocycles. The molecule has 6 heteroatoms. The zero-order valence-electron chi connectivity index (χ0n) is 9.78. The van der Waals surface area contributed by atoms with Crippen molar-refractivity contribution < 1.29 is 5.11 Å². The first-order chi connectivity index (χ1) is 8.81. The fourth-order valence-electron chi connectivity index (χ4n) is 2.01. The first-order valence-corrected chi connectivity index (χ1v) is 6.75. The second-order valence-corrected chi connectivity index (χ2v) is 5.20. The number of hydrogen-bond donors (Lipinski definition) is 2. The number of rotatable bonds is 3. The molecule has 1 unspecified atom stereocenters. The Hall–Kier alpha value is -1.66. The van der Waals surface area contributed by atoms with E-state index in [1.54, 1.807) is 17.7 Å². The third kappa shape index (κ3) is 2.44. The molecule has 2 aromatic rings. The molecular formula is C12H14N4OS. The summed E-state index contributed by atoms with van der Waals surface area (Å²) in [5.74, 6) is 1.64. The normalized spacial score (nSPS) is 19.2. The van der Waals surface area contributed by atoms with Gasteiger partial charge in [-0.25, -0.2) is 9.97 Å². The summed E-state index contributed by atoms with van der Waals surface area (Å²) in [6.45, 7) is 1.49. The minimum Gasteiger partial charge on any atom is -0.391 e. The van der Waals surface area contributed by atoms with Gasteiger partial charge in [0.25, 0.3) is 0 Å². The Morgan fingerprint density at radius 2 is 2.39 bits per heavy atom. The summed E-state index contributed by atoms with van der Waals surface area (Å²) >= 11 is 1.63. The van der Waals surface area contributed by atoms with Crippen molar-refractivity contribution >= 4 is 28.0 Å². The lowest BCUT2D eigenvalue weighted by molar-refractivity contribution is 0.198. The monoisotopic (exact) mass is 262 g/mol. The van der Waals surface area contributed by atoms with Crippen LogP contribution in [-0.4, -0.2) is 34.3 Å². The van der Waals surface area contributed by atoms with Gasteiger partial charge in [0.15, 0.2) is 0 Å². The second kappa shape index (κ2) is 4.91. The van der Waals surface area contributed by atoms with Gasteiger partial charge in [0, 0.05) is 19.2 Å². The van der Waals surface area contributed by atoms with E-state index >= 15 is 0 Å². The van der Waals surface area contributed by atoms with E-state index < -0.39 is 0 Å². The lowest BCUT2D eigenvalue weighted by Crippen LogP contribution is -2.22. The molecule has 0 bridgehead atoms. The number of aliphatic hydroxyl groups excluding tert-OH is 1. The molecule has 94 valence electrons. The Balaban J connectivity index is 1.76. The topological polar surface area (TPSA) is 61.3 Å². The molecule has 1 atom stereocenters. The molecule has 3 heterocycles. The summed E-state index contributed by atoms with van der Waals surface area (Å²) in [6, 6.07) is 5.91. The van der Waals surface area contributed by atoms with Crippen molar-refractivity contribution in [2.75, 3.05) is 23.3 Å². The maximum Gasteiger partial charge on any atom is 0.136 e. The minimum absolute atomic E-state index is 0.242. The molecular weight excluding hydrogens is 248 g/mol. The van der Waals surface area contributed by atoms with Crippen LogP contribution in [0.4, 0.5) is 16.6 Å². The number of anilines is 3. The predicted molar refractivity (Wildman–Crippen MR) is 72.5 cm³/mol. The Morgan fingerprint density at radius 1 is 1.44 bits per heavy atom. The molecule has 0 spiro atoms. The van der Waals surface area contributed by atoms with Crippen LogP contribution in [0.15, 0.2) is 29.9 Å². The van der Waals surface area contributed by atoms with Crippen LogP contribution in [0.25, 0.3) is 0 Å². The first-order valence-electron chi connectivity index (χ1n) is 5.87. The van der Waals surface area contributed by atoms with Gasteiger partial charge in [0.05, 0.1) is 11.1 Å². The second-order valence-electron chi connectivity index (χ2n) is 4.25. The smallest absolute Gasteiger partial charge is 0.136 e. The summed E-state index contributed by atoms with van der Waals surface area (Å²) < 4.78 is 0. The van der Waals surface area contributed by atoms with Gasteiger partial charge in [0.2, 0.25) is 0 Å². The maximum atomic E-state index is 9.54. The average molecular weight is 262 g/mol. The van der Waals surface area contributed by atoms with Crippen molar-refractivity contribution in [2.45, 2.75) is 12.5 Å². The van der Waals surface area contributed by atoms with Crippen molar-refractivity contribution in [3.05, 3.63) is 29.9 Å². The summed E-state index contributed by atoms with van der Waals surface area (Å²) in [5, 5.41) is 15.8. The third-order valence-electron chi connectivity index (χ3n) is 2.91. The van der Waals surface area contributed by atoms with Gasteiger partial charge in [-0.2, -0.15) is 0 Å². The number of nitrogens with one attached hydrogen (secondary N) is 1. The van der Waals surface area contributed by atoms with Gasteiger partial charge >= 0.3 is 0 Å². The Labute approximate surface area is 109 Å². The van der Waals surface area contributed by atoms with Crippen molar-refractivity contribution in [1.29, 1.82) is 0 Å². The lowest BCUT2D eigenvalue weighted by Gasteiger charge is -2.16. The van der Waals surface area contributed by atoms with Crippen LogP contribution in [-0.2, 0) is 0 Å². The van der Waals surface area contributed by atoms with Crippen LogP contribution in [0.3, 0.4) is 0 Å². The molecule has 2 aromatic heterocycles. The van der Waals surface area contributed by atoms with E-state index in [4.69, 9.17) is 0 Å². The molecule has 0 amide bonds. The standard InChI is InChI=1S/C12H14N4OS/c17-9-3-4-16(7-9)11-6-10(13-8-14-11)15-12-2-1-5-18-12/h1-2,5-6,8-9,17H,3-4,7H2,(H,13,14,15). The fourth-order valence-corrected chi connectivity index (χ4v) is 2.64. The average Bonchev–Trinajstić information content (AvgIpc) is 3.01. The van der Waals surface area contributed by atoms with Crippen LogP contribution < -0.4 is 10.2 Å². The van der Waals surface area contributed by atoms with E-state index in [-0.39, 0.29) is 6.10 Å². The summed E-state index contributed by atoms with van der Waals surface area (Å²) in [7, 11) is 0. The molecule has 2 N–H and O–H groups in total. The quantitative estimate of drug-likeness (QED) is 0.884. The van der Waals surface area contributed by atoms with Crippen molar-refractivity contribution in [1.82, 2.24) is 9.97 Å². The highest BCUT2D eigenvalue weighted by Gasteiger charge is 2.21. The van der Waals surface area contributed by atoms with Gasteiger partial charge in [-0.1, -0.05) is 0 Å². The maximum absolute atomic E-state index is 9.54. The minimum atomic E-state index is -0.242. The molecule has 1 fully saturated rings. The van der Waals surface area contributed by atoms with E-state index in [9.17, 15) is 5.11 Å². The van der Waals surface area contributed by atoms with E-state index in [2.05, 4.69) is 20.2 Å². The van der Waals surface area contributed by atoms with Crippen LogP contribution in [0.1, 0.15) is 6.42 Å². The lowest BCUT2D eigenvalue weighted by atomic mass is 10.3. The highest BCUT2D eigenvalue weighted by molar-refractivity contribution is 7.14. The van der Waals surface area contributed by atoms with E-state index in [1.165, 1.54) is 0 Å². The van der Waals surface area contributed by atoms with Crippen LogP contribution in [0, 0.1) is 0 Å². The van der Waals surface area contributed by atoms with Crippen molar-refractivity contribution in [3.8, 4) is 0 Å². The van der Waals surface area contributed by atoms with Gasteiger partial charge in [-0.3, -0.25) is 0 Å². The molecule has 18 heavy (non-hydrogen) atoms. The largest absolute Gasteiger partial charge is 0.391 e. The predicted octanol–water partition coefficient (Wildman–Crippen LogP) is 1.85. The molecule has 0 aromatic carbocycles. The van der Waals surface area contributed by atoms with E-state index in [0.717, 1.165) is 29.6 Å². The highest BCUT2D eigenvalue weighted by Crippen LogP contribution is 2.23. The van der Waals surface area contributed by atoms with E-state index in [0.29, 0.717) is 6.54 Å². The summed E-state index contributed by atoms with van der Waals surface area (Å²) in [4.78, 5) is 10.5. The zero-order chi connectivity index (χ0) is 12.4. The van der Waals surface area contributed by atoms with Crippen LogP contribution >= 0.6 is 11.3 Å². The molecule has 0 radical (unpaired) electrons. The number of β-amino-alcohol motifs (C(OH)–C–C–N with tert-alkyl or cyclic N) is 1. The number of aromatic nitrogens is 2. The van der Waals surface area contributed by atoms with E-state index in [1.807, 2.05) is 23.6 Å². The third-order valence-corrected chi connectivity index (χ3v) is 3.70. The van der Waals surface area contributed by atoms with Gasteiger partial charge in [-0.15, -0.1) is 11.3 Å². The Kier molecular flexibility index (Phi) is 3.12. The number of nitrogens with zero attached hydrogens (tertiary/aromatic N) is 3. The Morgan fingerprint density at radius 3 is 3.11 bits per heavy atom. The molecule has 0 saturated carbocycles. The SMILES string of the molecule is OC1CCN(c2cc(Nc3cccs3)ncn2)C1.